The van der Waals surface area contributed by atoms with E-state index >= 15 is 0 Å². The van der Waals surface area contributed by atoms with Crippen molar-refractivity contribution in [2.75, 3.05) is 43.3 Å². The third kappa shape index (κ3) is 4.82. The zero-order valence-electron chi connectivity index (χ0n) is 18.0. The Hall–Kier alpha value is -3.48. The Balaban J connectivity index is 1.46. The Kier molecular flexibility index (Phi) is 6.40. The highest BCUT2D eigenvalue weighted by molar-refractivity contribution is 5.80. The number of hydrogen-bond donors (Lipinski definition) is 2. The van der Waals surface area contributed by atoms with Crippen molar-refractivity contribution in [3.63, 3.8) is 0 Å². The molecule has 0 amide bonds. The summed E-state index contributed by atoms with van der Waals surface area (Å²) in [6, 6.07) is 16.2. The lowest BCUT2D eigenvalue weighted by Crippen LogP contribution is -2.35. The summed E-state index contributed by atoms with van der Waals surface area (Å²) in [7, 11) is 3.26. The monoisotopic (exact) mass is 419 g/mol. The minimum atomic E-state index is 0.536. The van der Waals surface area contributed by atoms with Gasteiger partial charge in [0.1, 0.15) is 23.5 Å². The van der Waals surface area contributed by atoms with Crippen molar-refractivity contribution in [3.8, 4) is 11.5 Å². The number of rotatable bonds is 7. The molecule has 7 nitrogen and oxygen atoms in total. The second kappa shape index (κ2) is 9.55. The summed E-state index contributed by atoms with van der Waals surface area (Å²) in [5.41, 5.74) is 9.16. The predicted molar refractivity (Wildman–Crippen MR) is 124 cm³/mol. The average molecular weight is 420 g/mol. The number of nitrogens with zero attached hydrogens (tertiary/aromatic N) is 3. The molecule has 7 heteroatoms. The maximum absolute atomic E-state index is 6.48. The van der Waals surface area contributed by atoms with Gasteiger partial charge in [-0.25, -0.2) is 9.97 Å². The number of nitrogens with two attached hydrogens (primary N) is 1. The Morgan fingerprint density at radius 1 is 1.03 bits per heavy atom. The van der Waals surface area contributed by atoms with Crippen LogP contribution in [0.3, 0.4) is 0 Å². The van der Waals surface area contributed by atoms with Gasteiger partial charge >= 0.3 is 0 Å². The number of ether oxygens (including phenoxy) is 2. The van der Waals surface area contributed by atoms with Gasteiger partial charge in [0.15, 0.2) is 11.6 Å². The van der Waals surface area contributed by atoms with E-state index in [0.29, 0.717) is 23.2 Å². The molecule has 1 aromatic heterocycles. The van der Waals surface area contributed by atoms with Crippen molar-refractivity contribution < 1.29 is 9.47 Å². The Morgan fingerprint density at radius 3 is 2.52 bits per heavy atom. The van der Waals surface area contributed by atoms with Crippen LogP contribution in [0.1, 0.15) is 18.4 Å². The van der Waals surface area contributed by atoms with Crippen molar-refractivity contribution in [3.05, 3.63) is 60.4 Å². The van der Waals surface area contributed by atoms with E-state index in [1.54, 1.807) is 20.5 Å². The first-order valence-corrected chi connectivity index (χ1v) is 10.6. The summed E-state index contributed by atoms with van der Waals surface area (Å²) in [6.45, 7) is 1.86. The fourth-order valence-corrected chi connectivity index (χ4v) is 4.07. The first kappa shape index (κ1) is 20.8. The maximum Gasteiger partial charge on any atom is 0.159 e. The molecule has 0 aliphatic carbocycles. The first-order chi connectivity index (χ1) is 15.2. The van der Waals surface area contributed by atoms with Crippen LogP contribution in [0, 0.1) is 5.92 Å². The number of piperidine rings is 1. The summed E-state index contributed by atoms with van der Waals surface area (Å²) in [5, 5.41) is 3.28. The normalized spacial score (nSPS) is 14.3. The van der Waals surface area contributed by atoms with Crippen LogP contribution in [0.4, 0.5) is 23.0 Å². The molecule has 3 N–H and O–H groups in total. The van der Waals surface area contributed by atoms with Crippen molar-refractivity contribution >= 4 is 23.0 Å². The third-order valence-corrected chi connectivity index (χ3v) is 5.80. The Labute approximate surface area is 183 Å². The molecule has 0 unspecified atom stereocenters. The lowest BCUT2D eigenvalue weighted by molar-refractivity contribution is 0.402. The lowest BCUT2D eigenvalue weighted by Gasteiger charge is -2.33. The second-order valence-electron chi connectivity index (χ2n) is 7.77. The van der Waals surface area contributed by atoms with Crippen LogP contribution in [-0.2, 0) is 6.42 Å². The van der Waals surface area contributed by atoms with E-state index in [0.717, 1.165) is 49.6 Å². The number of nitrogen functional groups attached to an aromatic ring is 1. The van der Waals surface area contributed by atoms with Gasteiger partial charge in [0.25, 0.3) is 0 Å². The highest BCUT2D eigenvalue weighted by Gasteiger charge is 2.23. The smallest absolute Gasteiger partial charge is 0.159 e. The van der Waals surface area contributed by atoms with Crippen LogP contribution in [0.5, 0.6) is 11.5 Å². The van der Waals surface area contributed by atoms with Gasteiger partial charge in [-0.05, 0) is 42.9 Å². The summed E-state index contributed by atoms with van der Waals surface area (Å²) in [5.74, 6) is 3.42. The minimum absolute atomic E-state index is 0.536. The van der Waals surface area contributed by atoms with E-state index in [1.165, 1.54) is 5.56 Å². The van der Waals surface area contributed by atoms with Gasteiger partial charge in [-0.15, -0.1) is 0 Å². The molecule has 0 atom stereocenters. The fraction of sp³-hybridized carbons (Fsp3) is 0.333. The molecule has 1 fully saturated rings. The summed E-state index contributed by atoms with van der Waals surface area (Å²) < 4.78 is 10.8. The Morgan fingerprint density at radius 2 is 1.81 bits per heavy atom. The van der Waals surface area contributed by atoms with Crippen LogP contribution < -0.4 is 25.4 Å². The molecule has 0 bridgehead atoms. The fourth-order valence-electron chi connectivity index (χ4n) is 4.07. The van der Waals surface area contributed by atoms with Crippen LogP contribution >= 0.6 is 0 Å². The topological polar surface area (TPSA) is 85.5 Å². The number of hydrogen-bond acceptors (Lipinski definition) is 7. The largest absolute Gasteiger partial charge is 0.497 e. The molecule has 3 aromatic rings. The molecular weight excluding hydrogens is 390 g/mol. The van der Waals surface area contributed by atoms with Crippen molar-refractivity contribution in [2.24, 2.45) is 5.92 Å². The maximum atomic E-state index is 6.48. The number of methoxy groups -OCH3 is 2. The second-order valence-corrected chi connectivity index (χ2v) is 7.77. The van der Waals surface area contributed by atoms with Gasteiger partial charge in [-0.3, -0.25) is 0 Å². The molecule has 1 saturated heterocycles. The van der Waals surface area contributed by atoms with Crippen molar-refractivity contribution in [2.45, 2.75) is 19.3 Å². The standard InChI is InChI=1S/C24H29N5O2/c1-30-19-8-9-21(31-2)20(15-19)28-23-22(25)24(27-16-26-23)29-12-10-18(11-13-29)14-17-6-4-3-5-7-17/h3-9,15-16,18H,10-14,25H2,1-2H3,(H,26,27,28). The van der Waals surface area contributed by atoms with Gasteiger partial charge in [-0.1, -0.05) is 30.3 Å². The SMILES string of the molecule is COc1ccc(OC)c(Nc2ncnc(N3CCC(Cc4ccccc4)CC3)c2N)c1. The molecule has 162 valence electrons. The number of nitrogens with one attached hydrogen (secondary N) is 1. The lowest BCUT2D eigenvalue weighted by atomic mass is 9.90. The summed E-state index contributed by atoms with van der Waals surface area (Å²) in [4.78, 5) is 11.1. The number of benzene rings is 2. The Bertz CT molecular complexity index is 1000. The van der Waals surface area contributed by atoms with Crippen LogP contribution in [-0.4, -0.2) is 37.3 Å². The van der Waals surface area contributed by atoms with Crippen molar-refractivity contribution in [1.82, 2.24) is 9.97 Å². The van der Waals surface area contributed by atoms with E-state index in [9.17, 15) is 0 Å². The molecule has 2 heterocycles. The molecule has 0 radical (unpaired) electrons. The summed E-state index contributed by atoms with van der Waals surface area (Å²) in [6.07, 6.45) is 4.91. The highest BCUT2D eigenvalue weighted by Crippen LogP contribution is 2.35. The first-order valence-electron chi connectivity index (χ1n) is 10.6. The van der Waals surface area contributed by atoms with Gasteiger partial charge in [0.2, 0.25) is 0 Å². The summed E-state index contributed by atoms with van der Waals surface area (Å²) >= 11 is 0. The number of anilines is 4. The minimum Gasteiger partial charge on any atom is -0.497 e. The highest BCUT2D eigenvalue weighted by atomic mass is 16.5. The van der Waals surface area contributed by atoms with Gasteiger partial charge in [-0.2, -0.15) is 0 Å². The van der Waals surface area contributed by atoms with E-state index in [4.69, 9.17) is 15.2 Å². The molecular formula is C24H29N5O2. The van der Waals surface area contributed by atoms with E-state index in [-0.39, 0.29) is 0 Å². The van der Waals surface area contributed by atoms with E-state index in [2.05, 4.69) is 50.5 Å². The van der Waals surface area contributed by atoms with Crippen LogP contribution in [0.25, 0.3) is 0 Å². The van der Waals surface area contributed by atoms with Gasteiger partial charge in [0, 0.05) is 19.2 Å². The quantitative estimate of drug-likeness (QED) is 0.591. The molecule has 0 saturated carbocycles. The molecule has 0 spiro atoms. The molecule has 4 rings (SSSR count). The van der Waals surface area contributed by atoms with E-state index < -0.39 is 0 Å². The molecule has 2 aromatic carbocycles. The van der Waals surface area contributed by atoms with Crippen LogP contribution in [0.2, 0.25) is 0 Å². The molecule has 1 aliphatic heterocycles. The third-order valence-electron chi connectivity index (χ3n) is 5.80. The van der Waals surface area contributed by atoms with Crippen LogP contribution in [0.15, 0.2) is 54.9 Å². The molecule has 31 heavy (non-hydrogen) atoms. The molecule has 1 aliphatic rings. The van der Waals surface area contributed by atoms with E-state index in [1.807, 2.05) is 18.2 Å². The van der Waals surface area contributed by atoms with Gasteiger partial charge in [0.05, 0.1) is 19.9 Å². The zero-order valence-corrected chi connectivity index (χ0v) is 18.0. The zero-order chi connectivity index (χ0) is 21.6. The average Bonchev–Trinajstić information content (AvgIpc) is 2.81. The van der Waals surface area contributed by atoms with Gasteiger partial charge < -0.3 is 25.4 Å². The predicted octanol–water partition coefficient (Wildman–Crippen LogP) is 4.28. The van der Waals surface area contributed by atoms with Crippen molar-refractivity contribution in [1.29, 1.82) is 0 Å². The number of aromatic nitrogens is 2.